The van der Waals surface area contributed by atoms with E-state index in [4.69, 9.17) is 21.1 Å². The molecular weight excluding hydrogens is 786 g/mol. The molecule has 53 heavy (non-hydrogen) atoms. The number of benzene rings is 3. The second-order valence-corrected chi connectivity index (χ2v) is 17.1. The van der Waals surface area contributed by atoms with Crippen molar-refractivity contribution in [2.24, 2.45) is 5.92 Å². The van der Waals surface area contributed by atoms with Crippen LogP contribution < -0.4 is 14.9 Å². The summed E-state index contributed by atoms with van der Waals surface area (Å²) in [5.41, 5.74) is 4.62. The van der Waals surface area contributed by atoms with Gasteiger partial charge in [-0.05, 0) is 120 Å². The number of anilines is 2. The lowest BCUT2D eigenvalue weighted by Crippen LogP contribution is -2.47. The molecular formula is C38H45BrClN5O7S. The Labute approximate surface area is 324 Å². The summed E-state index contributed by atoms with van der Waals surface area (Å²) >= 11 is 9.65. The Morgan fingerprint density at radius 3 is 2.45 bits per heavy atom. The molecule has 3 aliphatic rings. The zero-order chi connectivity index (χ0) is 37.8. The first-order valence-electron chi connectivity index (χ1n) is 17.8. The maximum absolute atomic E-state index is 13.2. The average Bonchev–Trinajstić information content (AvgIpc) is 3.15. The van der Waals surface area contributed by atoms with Crippen LogP contribution in [0.2, 0.25) is 5.02 Å². The normalized spacial score (nSPS) is 20.3. The predicted octanol–water partition coefficient (Wildman–Crippen LogP) is 7.13. The van der Waals surface area contributed by atoms with Gasteiger partial charge in [0.05, 0.1) is 21.0 Å². The van der Waals surface area contributed by atoms with Crippen LogP contribution in [0.1, 0.15) is 54.9 Å². The van der Waals surface area contributed by atoms with E-state index in [1.807, 2.05) is 18.2 Å². The molecule has 3 aromatic rings. The van der Waals surface area contributed by atoms with Gasteiger partial charge < -0.3 is 19.7 Å². The van der Waals surface area contributed by atoms with Crippen molar-refractivity contribution in [3.05, 3.63) is 97.0 Å². The molecule has 1 unspecified atom stereocenters. The summed E-state index contributed by atoms with van der Waals surface area (Å²) in [4.78, 5) is 28.8. The van der Waals surface area contributed by atoms with Gasteiger partial charge in [0.25, 0.3) is 21.6 Å². The zero-order valence-corrected chi connectivity index (χ0v) is 33.1. The number of halogens is 2. The summed E-state index contributed by atoms with van der Waals surface area (Å²) in [7, 11) is -2.63. The monoisotopic (exact) mass is 829 g/mol. The minimum absolute atomic E-state index is 0.125. The lowest BCUT2D eigenvalue weighted by molar-refractivity contribution is -0.384. The van der Waals surface area contributed by atoms with E-state index in [2.05, 4.69) is 54.8 Å². The number of nitrogens with one attached hydrogen (secondary N) is 2. The second kappa shape index (κ2) is 16.9. The van der Waals surface area contributed by atoms with Gasteiger partial charge in [-0.3, -0.25) is 19.8 Å². The summed E-state index contributed by atoms with van der Waals surface area (Å²) in [6.07, 6.45) is 4.45. The van der Waals surface area contributed by atoms with E-state index in [0.717, 1.165) is 81.6 Å². The number of nitro groups is 1. The van der Waals surface area contributed by atoms with Gasteiger partial charge in [0.15, 0.2) is 0 Å². The molecule has 284 valence electrons. The highest BCUT2D eigenvalue weighted by molar-refractivity contribution is 9.10. The molecule has 0 saturated carbocycles. The first kappa shape index (κ1) is 39.2. The molecule has 6 rings (SSSR count). The number of nitro benzene ring substituents is 1. The molecule has 0 radical (unpaired) electrons. The SMILES string of the molecule is COC1(C)CCC(c2ccc(Cl)cc2)=C(CN2CCN(c3ccc(C(=O)NS(=O)(=O)c4ccc(NCC5CCOCC5)c([N+](=O)[O-])c4)c(Br)c3)CC2)C1. The second-order valence-electron chi connectivity index (χ2n) is 14.2. The Kier molecular flexibility index (Phi) is 12.5. The molecule has 1 atom stereocenters. The lowest BCUT2D eigenvalue weighted by atomic mass is 9.79. The third kappa shape index (κ3) is 9.59. The van der Waals surface area contributed by atoms with Crippen LogP contribution in [-0.2, 0) is 19.5 Å². The van der Waals surface area contributed by atoms with Crippen LogP contribution in [0.4, 0.5) is 17.1 Å². The third-order valence-electron chi connectivity index (χ3n) is 10.6. The number of allylic oxidation sites excluding steroid dienone is 1. The Bertz CT molecular complexity index is 1970. The van der Waals surface area contributed by atoms with Gasteiger partial charge in [0.1, 0.15) is 5.69 Å². The summed E-state index contributed by atoms with van der Waals surface area (Å²) in [6, 6.07) is 16.9. The number of ether oxygens (including phenoxy) is 2. The fraction of sp³-hybridized carbons (Fsp3) is 0.447. The standard InChI is InChI=1S/C38H45BrClN5O7S/c1-38(51-2)14-11-32(27-3-5-29(40)6-4-27)28(23-38)25-43-15-17-44(18-16-43)30-7-9-33(34(39)21-30)37(46)42-53(49,50)31-8-10-35(36(22-31)45(47)48)41-24-26-12-19-52-20-13-26/h3-10,21-22,26,41H,11-20,23-25H2,1-2H3,(H,42,46). The fourth-order valence-corrected chi connectivity index (χ4v) is 8.94. The minimum Gasteiger partial charge on any atom is -0.381 e. The lowest BCUT2D eigenvalue weighted by Gasteiger charge is -2.40. The van der Waals surface area contributed by atoms with Crippen molar-refractivity contribution < 1.29 is 27.6 Å². The van der Waals surface area contributed by atoms with Gasteiger partial charge in [-0.25, -0.2) is 13.1 Å². The number of piperazine rings is 1. The van der Waals surface area contributed by atoms with Crippen LogP contribution in [-0.4, -0.2) is 89.3 Å². The van der Waals surface area contributed by atoms with E-state index in [-0.39, 0.29) is 27.4 Å². The molecule has 0 bridgehead atoms. The number of hydrogen-bond donors (Lipinski definition) is 2. The summed E-state index contributed by atoms with van der Waals surface area (Å²) in [5, 5.41) is 15.7. The van der Waals surface area contributed by atoms with Gasteiger partial charge in [0.2, 0.25) is 0 Å². The van der Waals surface area contributed by atoms with Crippen molar-refractivity contribution in [2.45, 2.75) is 49.5 Å². The van der Waals surface area contributed by atoms with Crippen LogP contribution in [0.5, 0.6) is 0 Å². The number of rotatable bonds is 12. The zero-order valence-electron chi connectivity index (χ0n) is 29.9. The maximum Gasteiger partial charge on any atom is 0.293 e. The van der Waals surface area contributed by atoms with Crippen molar-refractivity contribution in [3.63, 3.8) is 0 Å². The van der Waals surface area contributed by atoms with Gasteiger partial charge in [-0.2, -0.15) is 0 Å². The van der Waals surface area contributed by atoms with Crippen LogP contribution >= 0.6 is 27.5 Å². The van der Waals surface area contributed by atoms with Gasteiger partial charge >= 0.3 is 0 Å². The molecule has 1 amide bonds. The largest absolute Gasteiger partial charge is 0.381 e. The van der Waals surface area contributed by atoms with Gasteiger partial charge in [-0.1, -0.05) is 23.7 Å². The topological polar surface area (TPSA) is 143 Å². The number of carbonyl (C=O) groups excluding carboxylic acids is 1. The van der Waals surface area contributed by atoms with E-state index in [1.165, 1.54) is 28.8 Å². The van der Waals surface area contributed by atoms with E-state index >= 15 is 0 Å². The van der Waals surface area contributed by atoms with Crippen LogP contribution in [0.3, 0.4) is 0 Å². The Morgan fingerprint density at radius 2 is 1.79 bits per heavy atom. The average molecular weight is 831 g/mol. The van der Waals surface area contributed by atoms with Crippen molar-refractivity contribution >= 4 is 66.1 Å². The van der Waals surface area contributed by atoms with Crippen molar-refractivity contribution in [1.82, 2.24) is 9.62 Å². The number of nitrogens with zero attached hydrogens (tertiary/aromatic N) is 3. The van der Waals surface area contributed by atoms with Gasteiger partial charge in [-0.15, -0.1) is 0 Å². The smallest absolute Gasteiger partial charge is 0.293 e. The quantitative estimate of drug-likeness (QED) is 0.143. The van der Waals surface area contributed by atoms with Crippen molar-refractivity contribution in [1.29, 1.82) is 0 Å². The molecule has 0 spiro atoms. The number of sulfonamides is 1. The van der Waals surface area contributed by atoms with E-state index in [1.54, 1.807) is 19.2 Å². The first-order chi connectivity index (χ1) is 25.3. The summed E-state index contributed by atoms with van der Waals surface area (Å²) in [5.74, 6) is -0.550. The third-order valence-corrected chi connectivity index (χ3v) is 12.8. The maximum atomic E-state index is 13.2. The van der Waals surface area contributed by atoms with E-state index in [9.17, 15) is 23.3 Å². The number of carbonyl (C=O) groups is 1. The van der Waals surface area contributed by atoms with Crippen LogP contribution in [0.15, 0.2) is 75.6 Å². The summed E-state index contributed by atoms with van der Waals surface area (Å²) in [6.45, 7) is 8.05. The van der Waals surface area contributed by atoms with E-state index in [0.29, 0.717) is 30.1 Å². The Hall–Kier alpha value is -3.53. The highest BCUT2D eigenvalue weighted by atomic mass is 79.9. The molecule has 1 aliphatic carbocycles. The molecule has 0 aromatic heterocycles. The predicted molar refractivity (Wildman–Crippen MR) is 210 cm³/mol. The molecule has 2 N–H and O–H groups in total. The van der Waals surface area contributed by atoms with Crippen LogP contribution in [0.25, 0.3) is 5.57 Å². The van der Waals surface area contributed by atoms with Crippen molar-refractivity contribution in [2.75, 3.05) is 69.8 Å². The molecule has 3 aromatic carbocycles. The number of amides is 1. The molecule has 2 aliphatic heterocycles. The molecule has 2 fully saturated rings. The van der Waals surface area contributed by atoms with E-state index < -0.39 is 20.9 Å². The molecule has 15 heteroatoms. The number of hydrogen-bond acceptors (Lipinski definition) is 10. The van der Waals surface area contributed by atoms with Crippen LogP contribution in [0, 0.1) is 16.0 Å². The first-order valence-corrected chi connectivity index (χ1v) is 20.5. The molecule has 12 nitrogen and oxygen atoms in total. The highest BCUT2D eigenvalue weighted by Gasteiger charge is 2.33. The molecule has 2 saturated heterocycles. The number of methoxy groups -OCH3 is 1. The minimum atomic E-state index is -4.42. The van der Waals surface area contributed by atoms with Crippen molar-refractivity contribution in [3.8, 4) is 0 Å². The summed E-state index contributed by atoms with van der Waals surface area (Å²) < 4.78 is 40.3. The Morgan fingerprint density at radius 1 is 1.08 bits per heavy atom. The van der Waals surface area contributed by atoms with Gasteiger partial charge in [0, 0.05) is 80.8 Å². The highest BCUT2D eigenvalue weighted by Crippen LogP contribution is 2.40. The Balaban J connectivity index is 1.08. The fourth-order valence-electron chi connectivity index (χ4n) is 7.28. The molecule has 2 heterocycles.